The van der Waals surface area contributed by atoms with Gasteiger partial charge in [-0.3, -0.25) is 4.79 Å². The second-order valence-corrected chi connectivity index (χ2v) is 6.30. The molecule has 0 radical (unpaired) electrons. The maximum absolute atomic E-state index is 12.6. The fourth-order valence-corrected chi connectivity index (χ4v) is 3.60. The van der Waals surface area contributed by atoms with Gasteiger partial charge in [0.1, 0.15) is 6.10 Å². The summed E-state index contributed by atoms with van der Waals surface area (Å²) in [5, 5.41) is 0. The number of unbranched alkanes of at least 4 members (excludes halogenated alkanes) is 1. The molecule has 2 fully saturated rings. The van der Waals surface area contributed by atoms with Crippen molar-refractivity contribution in [1.82, 2.24) is 9.80 Å². The Balaban J connectivity index is 1.90. The molecule has 0 N–H and O–H groups in total. The third-order valence-corrected chi connectivity index (χ3v) is 4.82. The number of carbonyl (C=O) groups excluding carboxylic acids is 1. The minimum atomic E-state index is -0.283. The van der Waals surface area contributed by atoms with Crippen LogP contribution in [0.4, 0.5) is 0 Å². The lowest BCUT2D eigenvalue weighted by atomic mass is 10.0. The zero-order valence-corrected chi connectivity index (χ0v) is 13.3. The van der Waals surface area contributed by atoms with Gasteiger partial charge in [-0.25, -0.2) is 0 Å². The van der Waals surface area contributed by atoms with Crippen molar-refractivity contribution < 1.29 is 9.53 Å². The lowest BCUT2D eigenvalue weighted by Gasteiger charge is -2.34. The minimum absolute atomic E-state index is 0.198. The van der Waals surface area contributed by atoms with Gasteiger partial charge in [-0.05, 0) is 52.6 Å². The summed E-state index contributed by atoms with van der Waals surface area (Å²) < 4.78 is 5.69. The molecule has 0 saturated carbocycles. The Labute approximate surface area is 123 Å². The van der Waals surface area contributed by atoms with Crippen LogP contribution in [0.15, 0.2) is 0 Å². The highest BCUT2D eigenvalue weighted by atomic mass is 16.5. The van der Waals surface area contributed by atoms with Crippen molar-refractivity contribution in [2.75, 3.05) is 26.7 Å². The van der Waals surface area contributed by atoms with Crippen molar-refractivity contribution in [1.29, 1.82) is 0 Å². The number of hydrogen-bond donors (Lipinski definition) is 0. The smallest absolute Gasteiger partial charge is 0.251 e. The zero-order chi connectivity index (χ0) is 14.5. The van der Waals surface area contributed by atoms with Crippen molar-refractivity contribution in [3.05, 3.63) is 0 Å². The van der Waals surface area contributed by atoms with Crippen LogP contribution in [0.5, 0.6) is 0 Å². The fraction of sp³-hybridized carbons (Fsp3) is 0.938. The molecule has 116 valence electrons. The number of rotatable bonds is 6. The number of hydrogen-bond acceptors (Lipinski definition) is 3. The van der Waals surface area contributed by atoms with E-state index in [-0.39, 0.29) is 12.0 Å². The number of likely N-dealkylation sites (N-methyl/N-ethyl adjacent to an activating group) is 1. The molecule has 3 atom stereocenters. The summed E-state index contributed by atoms with van der Waals surface area (Å²) in [5.74, 6) is 0.198. The van der Waals surface area contributed by atoms with Gasteiger partial charge in [-0.1, -0.05) is 13.3 Å². The molecule has 0 spiro atoms. The maximum atomic E-state index is 12.6. The van der Waals surface area contributed by atoms with Crippen LogP contribution in [0.3, 0.4) is 0 Å². The maximum Gasteiger partial charge on any atom is 0.251 e. The third kappa shape index (κ3) is 3.53. The summed E-state index contributed by atoms with van der Waals surface area (Å²) in [5.41, 5.74) is 0. The Morgan fingerprint density at radius 2 is 1.95 bits per heavy atom. The molecule has 2 aliphatic rings. The average molecular weight is 282 g/mol. The van der Waals surface area contributed by atoms with Crippen molar-refractivity contribution in [3.8, 4) is 0 Å². The second kappa shape index (κ2) is 7.41. The molecule has 2 aliphatic heterocycles. The van der Waals surface area contributed by atoms with Gasteiger partial charge in [-0.2, -0.15) is 0 Å². The van der Waals surface area contributed by atoms with Crippen LogP contribution < -0.4 is 0 Å². The highest BCUT2D eigenvalue weighted by Gasteiger charge is 2.39. The molecule has 0 aromatic carbocycles. The van der Waals surface area contributed by atoms with Crippen LogP contribution in [-0.4, -0.2) is 60.6 Å². The Kier molecular flexibility index (Phi) is 5.85. The molecular formula is C16H30N2O2. The van der Waals surface area contributed by atoms with E-state index < -0.39 is 0 Å². The fourth-order valence-electron chi connectivity index (χ4n) is 3.60. The highest BCUT2D eigenvalue weighted by Crippen LogP contribution is 2.29. The van der Waals surface area contributed by atoms with E-state index in [1.807, 2.05) is 6.92 Å². The zero-order valence-electron chi connectivity index (χ0n) is 13.3. The summed E-state index contributed by atoms with van der Waals surface area (Å²) in [6, 6.07) is 0.969. The Bertz CT molecular complexity index is 322. The second-order valence-electron chi connectivity index (χ2n) is 6.30. The molecule has 2 saturated heterocycles. The van der Waals surface area contributed by atoms with Crippen LogP contribution in [0.25, 0.3) is 0 Å². The topological polar surface area (TPSA) is 32.8 Å². The molecule has 4 nitrogen and oxygen atoms in total. The van der Waals surface area contributed by atoms with Crippen LogP contribution >= 0.6 is 0 Å². The molecule has 2 rings (SSSR count). The van der Waals surface area contributed by atoms with Gasteiger partial charge >= 0.3 is 0 Å². The molecule has 2 heterocycles. The van der Waals surface area contributed by atoms with Crippen molar-refractivity contribution in [2.24, 2.45) is 0 Å². The largest absolute Gasteiger partial charge is 0.369 e. The van der Waals surface area contributed by atoms with Gasteiger partial charge in [0.15, 0.2) is 0 Å². The molecule has 0 unspecified atom stereocenters. The molecule has 4 heteroatoms. The lowest BCUT2D eigenvalue weighted by Crippen LogP contribution is -2.50. The standard InChI is InChI=1S/C16H30N2O2/c1-4-5-12-20-13(2)16(19)18-11-7-9-15(18)14-8-6-10-17(14)3/h13-15H,4-12H2,1-3H3/t13-,14+,15-/m1/s1. The Morgan fingerprint density at radius 3 is 2.60 bits per heavy atom. The first-order valence-electron chi connectivity index (χ1n) is 8.27. The summed E-state index contributed by atoms with van der Waals surface area (Å²) in [6.07, 6.45) is 6.66. The Morgan fingerprint density at radius 1 is 1.25 bits per heavy atom. The number of carbonyl (C=O) groups is 1. The van der Waals surface area contributed by atoms with E-state index in [9.17, 15) is 4.79 Å². The van der Waals surface area contributed by atoms with E-state index in [0.717, 1.165) is 32.2 Å². The van der Waals surface area contributed by atoms with Gasteiger partial charge in [0.2, 0.25) is 0 Å². The SMILES string of the molecule is CCCCO[C@H](C)C(=O)N1CCC[C@@H]1[C@@H]1CCCN1C. The monoisotopic (exact) mass is 282 g/mol. The molecule has 0 aliphatic carbocycles. The lowest BCUT2D eigenvalue weighted by molar-refractivity contribution is -0.144. The number of nitrogens with zero attached hydrogens (tertiary/aromatic N) is 2. The first-order chi connectivity index (χ1) is 9.65. The van der Waals surface area contributed by atoms with Crippen LogP contribution in [0.2, 0.25) is 0 Å². The molecule has 0 aromatic heterocycles. The minimum Gasteiger partial charge on any atom is -0.369 e. The number of ether oxygens (including phenoxy) is 1. The van der Waals surface area contributed by atoms with Gasteiger partial charge in [0, 0.05) is 25.2 Å². The normalized spacial score (nSPS) is 29.1. The van der Waals surface area contributed by atoms with E-state index in [2.05, 4.69) is 23.8 Å². The summed E-state index contributed by atoms with van der Waals surface area (Å²) in [7, 11) is 2.19. The van der Waals surface area contributed by atoms with E-state index in [1.54, 1.807) is 0 Å². The first kappa shape index (κ1) is 15.8. The van der Waals surface area contributed by atoms with Gasteiger partial charge in [0.25, 0.3) is 5.91 Å². The summed E-state index contributed by atoms with van der Waals surface area (Å²) in [4.78, 5) is 17.1. The quantitative estimate of drug-likeness (QED) is 0.701. The van der Waals surface area contributed by atoms with E-state index in [0.29, 0.717) is 18.7 Å². The van der Waals surface area contributed by atoms with E-state index >= 15 is 0 Å². The summed E-state index contributed by atoms with van der Waals surface area (Å²) in [6.45, 7) is 6.83. The van der Waals surface area contributed by atoms with Crippen LogP contribution in [0, 0.1) is 0 Å². The van der Waals surface area contributed by atoms with Gasteiger partial charge < -0.3 is 14.5 Å². The number of amides is 1. The van der Waals surface area contributed by atoms with Gasteiger partial charge in [-0.15, -0.1) is 0 Å². The Hall–Kier alpha value is -0.610. The first-order valence-corrected chi connectivity index (χ1v) is 8.27. The molecule has 20 heavy (non-hydrogen) atoms. The molecule has 0 aromatic rings. The predicted molar refractivity (Wildman–Crippen MR) is 80.7 cm³/mol. The molecule has 0 bridgehead atoms. The van der Waals surface area contributed by atoms with Crippen LogP contribution in [0.1, 0.15) is 52.4 Å². The average Bonchev–Trinajstić information content (AvgIpc) is 3.06. The summed E-state index contributed by atoms with van der Waals surface area (Å²) >= 11 is 0. The van der Waals surface area contributed by atoms with Crippen molar-refractivity contribution in [2.45, 2.75) is 70.6 Å². The van der Waals surface area contributed by atoms with E-state index in [4.69, 9.17) is 4.74 Å². The third-order valence-electron chi connectivity index (χ3n) is 4.82. The molecule has 1 amide bonds. The molecular weight excluding hydrogens is 252 g/mol. The van der Waals surface area contributed by atoms with Gasteiger partial charge in [0.05, 0.1) is 0 Å². The number of likely N-dealkylation sites (tertiary alicyclic amines) is 2. The van der Waals surface area contributed by atoms with E-state index in [1.165, 1.54) is 19.4 Å². The van der Waals surface area contributed by atoms with Crippen molar-refractivity contribution >= 4 is 5.91 Å². The van der Waals surface area contributed by atoms with Crippen molar-refractivity contribution in [3.63, 3.8) is 0 Å². The predicted octanol–water partition coefficient (Wildman–Crippen LogP) is 2.28. The highest BCUT2D eigenvalue weighted by molar-refractivity contribution is 5.81. The van der Waals surface area contributed by atoms with Crippen LogP contribution in [-0.2, 0) is 9.53 Å².